The summed E-state index contributed by atoms with van der Waals surface area (Å²) in [6, 6.07) is 7.11. The van der Waals surface area contributed by atoms with E-state index < -0.39 is 9.84 Å². The van der Waals surface area contributed by atoms with E-state index in [4.69, 9.17) is 11.6 Å². The summed E-state index contributed by atoms with van der Waals surface area (Å²) in [5.74, 6) is 0.811. The number of sulfone groups is 1. The Hall–Kier alpha value is -0.580. The van der Waals surface area contributed by atoms with Crippen molar-refractivity contribution in [3.8, 4) is 0 Å². The van der Waals surface area contributed by atoms with Crippen LogP contribution < -0.4 is 5.32 Å². The van der Waals surface area contributed by atoms with Gasteiger partial charge < -0.3 is 5.32 Å². The van der Waals surface area contributed by atoms with Crippen molar-refractivity contribution in [1.29, 1.82) is 0 Å². The third kappa shape index (κ3) is 4.47. The topological polar surface area (TPSA) is 46.2 Å². The molecule has 0 radical (unpaired) electrons. The predicted octanol–water partition coefficient (Wildman–Crippen LogP) is 3.03. The SMILES string of the molecule is CNC(CS(=O)(=O)Cc1ccc(Cl)cc1)C1CCCC1. The van der Waals surface area contributed by atoms with Crippen LogP contribution in [0.25, 0.3) is 0 Å². The molecule has 0 amide bonds. The number of nitrogens with one attached hydrogen (secondary N) is 1. The molecule has 0 heterocycles. The molecule has 0 aliphatic heterocycles. The number of hydrogen-bond donors (Lipinski definition) is 1. The average molecular weight is 316 g/mol. The van der Waals surface area contributed by atoms with Crippen molar-refractivity contribution in [2.75, 3.05) is 12.8 Å². The Kier molecular flexibility index (Phi) is 5.47. The second-order valence-electron chi connectivity index (χ2n) is 5.62. The summed E-state index contributed by atoms with van der Waals surface area (Å²) in [6.07, 6.45) is 4.73. The molecule has 1 unspecified atom stereocenters. The van der Waals surface area contributed by atoms with Gasteiger partial charge in [-0.1, -0.05) is 36.6 Å². The maximum atomic E-state index is 12.3. The zero-order valence-electron chi connectivity index (χ0n) is 11.8. The highest BCUT2D eigenvalue weighted by Crippen LogP contribution is 2.28. The van der Waals surface area contributed by atoms with Gasteiger partial charge in [0.2, 0.25) is 0 Å². The molecule has 1 N–H and O–H groups in total. The molecule has 20 heavy (non-hydrogen) atoms. The summed E-state index contributed by atoms with van der Waals surface area (Å²) in [5, 5.41) is 3.82. The van der Waals surface area contributed by atoms with Gasteiger partial charge in [0, 0.05) is 11.1 Å². The molecule has 5 heteroatoms. The average Bonchev–Trinajstić information content (AvgIpc) is 2.92. The molecule has 1 aromatic carbocycles. The molecule has 0 spiro atoms. The van der Waals surface area contributed by atoms with Crippen molar-refractivity contribution in [2.24, 2.45) is 5.92 Å². The normalized spacial score (nSPS) is 18.3. The first-order chi connectivity index (χ1) is 9.50. The van der Waals surface area contributed by atoms with Gasteiger partial charge in [-0.3, -0.25) is 0 Å². The summed E-state index contributed by atoms with van der Waals surface area (Å²) in [6.45, 7) is 0. The van der Waals surface area contributed by atoms with E-state index >= 15 is 0 Å². The van der Waals surface area contributed by atoms with Gasteiger partial charge in [-0.05, 0) is 43.5 Å². The van der Waals surface area contributed by atoms with Crippen molar-refractivity contribution in [3.63, 3.8) is 0 Å². The van der Waals surface area contributed by atoms with Crippen LogP contribution in [-0.4, -0.2) is 27.3 Å². The lowest BCUT2D eigenvalue weighted by molar-refractivity contribution is 0.404. The fourth-order valence-electron chi connectivity index (χ4n) is 2.98. The smallest absolute Gasteiger partial charge is 0.155 e. The number of benzene rings is 1. The third-order valence-electron chi connectivity index (χ3n) is 4.07. The first-order valence-corrected chi connectivity index (χ1v) is 9.32. The summed E-state index contributed by atoms with van der Waals surface area (Å²) >= 11 is 5.82. The Balaban J connectivity index is 2.00. The summed E-state index contributed by atoms with van der Waals surface area (Å²) < 4.78 is 24.7. The summed E-state index contributed by atoms with van der Waals surface area (Å²) in [5.41, 5.74) is 0.802. The van der Waals surface area contributed by atoms with Crippen LogP contribution in [0, 0.1) is 5.92 Å². The molecule has 3 nitrogen and oxygen atoms in total. The monoisotopic (exact) mass is 315 g/mol. The van der Waals surface area contributed by atoms with Gasteiger partial charge in [-0.2, -0.15) is 0 Å². The first-order valence-electron chi connectivity index (χ1n) is 7.12. The van der Waals surface area contributed by atoms with Crippen LogP contribution in [0.15, 0.2) is 24.3 Å². The predicted molar refractivity (Wildman–Crippen MR) is 83.7 cm³/mol. The van der Waals surface area contributed by atoms with E-state index in [1.165, 1.54) is 12.8 Å². The lowest BCUT2D eigenvalue weighted by Gasteiger charge is -2.22. The minimum atomic E-state index is -3.10. The van der Waals surface area contributed by atoms with Crippen LogP contribution in [-0.2, 0) is 15.6 Å². The van der Waals surface area contributed by atoms with E-state index in [9.17, 15) is 8.42 Å². The summed E-state index contributed by atoms with van der Waals surface area (Å²) in [7, 11) is -1.24. The van der Waals surface area contributed by atoms with Crippen LogP contribution in [0.3, 0.4) is 0 Å². The van der Waals surface area contributed by atoms with E-state index in [0.717, 1.165) is 18.4 Å². The maximum Gasteiger partial charge on any atom is 0.155 e. The molecular formula is C15H22ClNO2S. The van der Waals surface area contributed by atoms with Gasteiger partial charge in [0.25, 0.3) is 0 Å². The van der Waals surface area contributed by atoms with Crippen molar-refractivity contribution in [2.45, 2.75) is 37.5 Å². The molecule has 0 saturated heterocycles. The highest BCUT2D eigenvalue weighted by molar-refractivity contribution is 7.90. The largest absolute Gasteiger partial charge is 0.316 e. The van der Waals surface area contributed by atoms with E-state index in [1.54, 1.807) is 24.3 Å². The van der Waals surface area contributed by atoms with Gasteiger partial charge in [-0.25, -0.2) is 8.42 Å². The molecular weight excluding hydrogens is 294 g/mol. The maximum absolute atomic E-state index is 12.3. The van der Waals surface area contributed by atoms with Crippen molar-refractivity contribution in [3.05, 3.63) is 34.9 Å². The quantitative estimate of drug-likeness (QED) is 0.877. The molecule has 0 aromatic heterocycles. The molecule has 1 aliphatic rings. The van der Waals surface area contributed by atoms with Gasteiger partial charge in [0.15, 0.2) is 9.84 Å². The third-order valence-corrected chi connectivity index (χ3v) is 5.97. The van der Waals surface area contributed by atoms with Crippen LogP contribution in [0.5, 0.6) is 0 Å². The Morgan fingerprint density at radius 1 is 1.25 bits per heavy atom. The van der Waals surface area contributed by atoms with Crippen molar-refractivity contribution >= 4 is 21.4 Å². The van der Waals surface area contributed by atoms with Gasteiger partial charge in [0.05, 0.1) is 11.5 Å². The lowest BCUT2D eigenvalue weighted by atomic mass is 10.0. The van der Waals surface area contributed by atoms with Crippen molar-refractivity contribution in [1.82, 2.24) is 5.32 Å². The van der Waals surface area contributed by atoms with Gasteiger partial charge >= 0.3 is 0 Å². The fourth-order valence-corrected chi connectivity index (χ4v) is 4.91. The van der Waals surface area contributed by atoms with E-state index in [-0.39, 0.29) is 17.5 Å². The molecule has 1 fully saturated rings. The highest BCUT2D eigenvalue weighted by atomic mass is 35.5. The zero-order valence-corrected chi connectivity index (χ0v) is 13.4. The van der Waals surface area contributed by atoms with Gasteiger partial charge in [-0.15, -0.1) is 0 Å². The fraction of sp³-hybridized carbons (Fsp3) is 0.600. The Bertz CT molecular complexity index is 521. The molecule has 1 aliphatic carbocycles. The molecule has 112 valence electrons. The van der Waals surface area contributed by atoms with Gasteiger partial charge in [0.1, 0.15) is 0 Å². The lowest BCUT2D eigenvalue weighted by Crippen LogP contribution is -2.39. The Labute approximate surface area is 126 Å². The highest BCUT2D eigenvalue weighted by Gasteiger charge is 2.28. The first kappa shape index (κ1) is 15.8. The second-order valence-corrected chi connectivity index (χ2v) is 8.17. The molecule has 0 bridgehead atoms. The molecule has 1 atom stereocenters. The number of hydrogen-bond acceptors (Lipinski definition) is 3. The molecule has 1 aromatic rings. The zero-order chi connectivity index (χ0) is 14.6. The van der Waals surface area contributed by atoms with Crippen LogP contribution in [0.4, 0.5) is 0 Å². The Morgan fingerprint density at radius 2 is 1.85 bits per heavy atom. The number of rotatable bonds is 6. The van der Waals surface area contributed by atoms with E-state index in [0.29, 0.717) is 10.9 Å². The van der Waals surface area contributed by atoms with E-state index in [2.05, 4.69) is 5.32 Å². The standard InChI is InChI=1S/C15H22ClNO2S/c1-17-15(13-4-2-3-5-13)11-20(18,19)10-12-6-8-14(16)9-7-12/h6-9,13,15,17H,2-5,10-11H2,1H3. The summed E-state index contributed by atoms with van der Waals surface area (Å²) in [4.78, 5) is 0. The second kappa shape index (κ2) is 6.92. The minimum absolute atomic E-state index is 0.0785. The van der Waals surface area contributed by atoms with Crippen LogP contribution in [0.2, 0.25) is 5.02 Å². The number of halogens is 1. The van der Waals surface area contributed by atoms with Crippen LogP contribution in [0.1, 0.15) is 31.2 Å². The van der Waals surface area contributed by atoms with E-state index in [1.807, 2.05) is 7.05 Å². The molecule has 2 rings (SSSR count). The van der Waals surface area contributed by atoms with Crippen molar-refractivity contribution < 1.29 is 8.42 Å². The molecule has 1 saturated carbocycles. The minimum Gasteiger partial charge on any atom is -0.316 e. The Morgan fingerprint density at radius 3 is 2.40 bits per heavy atom. The van der Waals surface area contributed by atoms with Crippen LogP contribution >= 0.6 is 11.6 Å².